The molecule has 0 aliphatic carbocycles. The van der Waals surface area contributed by atoms with Gasteiger partial charge < -0.3 is 10.2 Å². The standard InChI is InChI=1S/C18H22N2OS/c1-13-7-8-15(11-14(13)2)19-16-5-3-9-20(12-16)18(21)17-6-4-10-22-17/h4,6-8,10-11,16,19H,3,5,9,12H2,1-2H3/t16-/m1/s1. The second kappa shape index (κ2) is 6.53. The van der Waals surface area contributed by atoms with Crippen LogP contribution in [0.15, 0.2) is 35.7 Å². The fraction of sp³-hybridized carbons (Fsp3) is 0.389. The summed E-state index contributed by atoms with van der Waals surface area (Å²) in [7, 11) is 0. The largest absolute Gasteiger partial charge is 0.381 e. The van der Waals surface area contributed by atoms with Gasteiger partial charge >= 0.3 is 0 Å². The number of hydrogen-bond donors (Lipinski definition) is 1. The zero-order valence-electron chi connectivity index (χ0n) is 13.1. The Hall–Kier alpha value is -1.81. The van der Waals surface area contributed by atoms with E-state index in [-0.39, 0.29) is 5.91 Å². The summed E-state index contributed by atoms with van der Waals surface area (Å²) in [5.41, 5.74) is 3.76. The molecule has 2 heterocycles. The predicted molar refractivity (Wildman–Crippen MR) is 92.8 cm³/mol. The van der Waals surface area contributed by atoms with Gasteiger partial charge in [0.1, 0.15) is 0 Å². The van der Waals surface area contributed by atoms with Crippen LogP contribution in [0.5, 0.6) is 0 Å². The lowest BCUT2D eigenvalue weighted by Crippen LogP contribution is -2.44. The molecule has 1 aromatic carbocycles. The van der Waals surface area contributed by atoms with Gasteiger partial charge in [-0.1, -0.05) is 12.1 Å². The Morgan fingerprint density at radius 3 is 2.86 bits per heavy atom. The Labute approximate surface area is 136 Å². The van der Waals surface area contributed by atoms with Crippen molar-refractivity contribution in [3.8, 4) is 0 Å². The minimum Gasteiger partial charge on any atom is -0.381 e. The highest BCUT2D eigenvalue weighted by Gasteiger charge is 2.24. The van der Waals surface area contributed by atoms with Crippen LogP contribution in [0.1, 0.15) is 33.6 Å². The van der Waals surface area contributed by atoms with Gasteiger partial charge in [-0.2, -0.15) is 0 Å². The zero-order valence-corrected chi connectivity index (χ0v) is 14.0. The van der Waals surface area contributed by atoms with Crippen molar-refractivity contribution in [2.45, 2.75) is 32.7 Å². The molecule has 1 atom stereocenters. The molecule has 0 spiro atoms. The van der Waals surface area contributed by atoms with E-state index in [0.717, 1.165) is 36.5 Å². The molecule has 1 amide bonds. The minimum atomic E-state index is 0.168. The van der Waals surface area contributed by atoms with E-state index < -0.39 is 0 Å². The van der Waals surface area contributed by atoms with Crippen LogP contribution in [0.2, 0.25) is 0 Å². The third-order valence-corrected chi connectivity index (χ3v) is 5.18. The average Bonchev–Trinajstić information content (AvgIpc) is 3.05. The predicted octanol–water partition coefficient (Wildman–Crippen LogP) is 4.08. The van der Waals surface area contributed by atoms with Gasteiger partial charge in [-0.3, -0.25) is 4.79 Å². The highest BCUT2D eigenvalue weighted by atomic mass is 32.1. The van der Waals surface area contributed by atoms with Crippen molar-refractivity contribution in [1.82, 2.24) is 4.90 Å². The van der Waals surface area contributed by atoms with E-state index in [0.29, 0.717) is 6.04 Å². The molecule has 4 heteroatoms. The molecule has 3 nitrogen and oxygen atoms in total. The maximum atomic E-state index is 12.5. The Balaban J connectivity index is 1.65. The van der Waals surface area contributed by atoms with Crippen LogP contribution >= 0.6 is 11.3 Å². The highest BCUT2D eigenvalue weighted by molar-refractivity contribution is 7.12. The van der Waals surface area contributed by atoms with Crippen molar-refractivity contribution in [2.75, 3.05) is 18.4 Å². The van der Waals surface area contributed by atoms with Crippen LogP contribution in [0.3, 0.4) is 0 Å². The normalized spacial score (nSPS) is 18.3. The van der Waals surface area contributed by atoms with Crippen molar-refractivity contribution < 1.29 is 4.79 Å². The number of benzene rings is 1. The van der Waals surface area contributed by atoms with E-state index in [1.54, 1.807) is 0 Å². The van der Waals surface area contributed by atoms with Gasteiger partial charge in [0.15, 0.2) is 0 Å². The Kier molecular flexibility index (Phi) is 4.48. The van der Waals surface area contributed by atoms with Gasteiger partial charge in [-0.15, -0.1) is 11.3 Å². The molecular weight excluding hydrogens is 292 g/mol. The number of likely N-dealkylation sites (tertiary alicyclic amines) is 1. The number of piperidine rings is 1. The molecule has 1 saturated heterocycles. The summed E-state index contributed by atoms with van der Waals surface area (Å²) in [6, 6.07) is 10.6. The van der Waals surface area contributed by atoms with Gasteiger partial charge in [0.05, 0.1) is 4.88 Å². The monoisotopic (exact) mass is 314 g/mol. The van der Waals surface area contributed by atoms with Crippen molar-refractivity contribution in [3.05, 3.63) is 51.7 Å². The Morgan fingerprint density at radius 1 is 1.27 bits per heavy atom. The first-order chi connectivity index (χ1) is 10.6. The highest BCUT2D eigenvalue weighted by Crippen LogP contribution is 2.21. The van der Waals surface area contributed by atoms with Crippen molar-refractivity contribution in [1.29, 1.82) is 0 Å². The molecular formula is C18H22N2OS. The van der Waals surface area contributed by atoms with E-state index >= 15 is 0 Å². The number of aryl methyl sites for hydroxylation is 2. The van der Waals surface area contributed by atoms with Crippen LogP contribution in [0.25, 0.3) is 0 Å². The number of nitrogens with zero attached hydrogens (tertiary/aromatic N) is 1. The van der Waals surface area contributed by atoms with E-state index in [2.05, 4.69) is 37.4 Å². The number of amides is 1. The topological polar surface area (TPSA) is 32.3 Å². The van der Waals surface area contributed by atoms with Crippen LogP contribution in [-0.2, 0) is 0 Å². The average molecular weight is 314 g/mol. The van der Waals surface area contributed by atoms with Crippen molar-refractivity contribution in [2.24, 2.45) is 0 Å². The van der Waals surface area contributed by atoms with Gasteiger partial charge in [0.2, 0.25) is 0 Å². The fourth-order valence-electron chi connectivity index (χ4n) is 2.90. The lowest BCUT2D eigenvalue weighted by Gasteiger charge is -2.33. The maximum absolute atomic E-state index is 12.5. The van der Waals surface area contributed by atoms with Crippen molar-refractivity contribution >= 4 is 22.9 Å². The number of hydrogen-bond acceptors (Lipinski definition) is 3. The lowest BCUT2D eigenvalue weighted by atomic mass is 10.0. The zero-order chi connectivity index (χ0) is 15.5. The smallest absolute Gasteiger partial charge is 0.263 e. The number of thiophene rings is 1. The quantitative estimate of drug-likeness (QED) is 0.926. The summed E-state index contributed by atoms with van der Waals surface area (Å²) >= 11 is 1.52. The number of rotatable bonds is 3. The molecule has 2 aromatic rings. The molecule has 1 aliphatic rings. The molecule has 0 radical (unpaired) electrons. The summed E-state index contributed by atoms with van der Waals surface area (Å²) < 4.78 is 0. The van der Waals surface area contributed by atoms with Crippen LogP contribution in [-0.4, -0.2) is 29.9 Å². The molecule has 116 valence electrons. The summed E-state index contributed by atoms with van der Waals surface area (Å²) in [5, 5.41) is 5.55. The molecule has 0 saturated carbocycles. The number of carbonyl (C=O) groups is 1. The van der Waals surface area contributed by atoms with Crippen LogP contribution < -0.4 is 5.32 Å². The van der Waals surface area contributed by atoms with E-state index in [1.165, 1.54) is 22.5 Å². The summed E-state index contributed by atoms with van der Waals surface area (Å²) in [4.78, 5) is 15.3. The van der Waals surface area contributed by atoms with Gasteiger partial charge in [-0.25, -0.2) is 0 Å². The first-order valence-electron chi connectivity index (χ1n) is 7.80. The molecule has 1 fully saturated rings. The van der Waals surface area contributed by atoms with E-state index in [9.17, 15) is 4.79 Å². The molecule has 1 aromatic heterocycles. The number of nitrogens with one attached hydrogen (secondary N) is 1. The second-order valence-corrected chi connectivity index (χ2v) is 6.96. The molecule has 22 heavy (non-hydrogen) atoms. The first kappa shape index (κ1) is 15.1. The van der Waals surface area contributed by atoms with Gasteiger partial charge in [-0.05, 0) is 61.4 Å². The third-order valence-electron chi connectivity index (χ3n) is 4.32. The number of carbonyl (C=O) groups excluding carboxylic acids is 1. The van der Waals surface area contributed by atoms with E-state index in [1.807, 2.05) is 22.4 Å². The minimum absolute atomic E-state index is 0.168. The first-order valence-corrected chi connectivity index (χ1v) is 8.68. The van der Waals surface area contributed by atoms with Gasteiger partial charge in [0.25, 0.3) is 5.91 Å². The van der Waals surface area contributed by atoms with Crippen LogP contribution in [0, 0.1) is 13.8 Å². The maximum Gasteiger partial charge on any atom is 0.263 e. The Morgan fingerprint density at radius 2 is 2.14 bits per heavy atom. The molecule has 1 N–H and O–H groups in total. The molecule has 3 rings (SSSR count). The summed E-state index contributed by atoms with van der Waals surface area (Å²) in [5.74, 6) is 0.168. The van der Waals surface area contributed by atoms with Crippen LogP contribution in [0.4, 0.5) is 5.69 Å². The molecule has 0 bridgehead atoms. The fourth-order valence-corrected chi connectivity index (χ4v) is 3.59. The number of anilines is 1. The van der Waals surface area contributed by atoms with Crippen molar-refractivity contribution in [3.63, 3.8) is 0 Å². The lowest BCUT2D eigenvalue weighted by molar-refractivity contribution is 0.0720. The second-order valence-electron chi connectivity index (χ2n) is 6.01. The van der Waals surface area contributed by atoms with Gasteiger partial charge in [0, 0.05) is 24.8 Å². The summed E-state index contributed by atoms with van der Waals surface area (Å²) in [6.07, 6.45) is 2.17. The van der Waals surface area contributed by atoms with E-state index in [4.69, 9.17) is 0 Å². The molecule has 1 aliphatic heterocycles. The Bertz CT molecular complexity index is 651. The SMILES string of the molecule is Cc1ccc(N[C@@H]2CCCN(C(=O)c3cccs3)C2)cc1C. The summed E-state index contributed by atoms with van der Waals surface area (Å²) in [6.45, 7) is 5.90. The molecule has 0 unspecified atom stereocenters. The third kappa shape index (κ3) is 3.33.